The van der Waals surface area contributed by atoms with Crippen molar-refractivity contribution in [3.8, 4) is 0 Å². The monoisotopic (exact) mass is 288 g/mol. The number of halogens is 1. The number of fused-ring (bicyclic) bond motifs is 2. The van der Waals surface area contributed by atoms with E-state index < -0.39 is 0 Å². The quantitative estimate of drug-likeness (QED) is 0.599. The zero-order chi connectivity index (χ0) is 12.3. The molecule has 2 aliphatic carbocycles. The number of hydrogen-bond donors (Lipinski definition) is 0. The first-order valence-electron chi connectivity index (χ1n) is 6.13. The highest BCUT2D eigenvalue weighted by molar-refractivity contribution is 9.10. The van der Waals surface area contributed by atoms with Crippen LogP contribution in [-0.4, -0.2) is 4.32 Å². The molecule has 1 aromatic carbocycles. The Balaban J connectivity index is 2.22. The Morgan fingerprint density at radius 2 is 1.82 bits per heavy atom. The Kier molecular flexibility index (Phi) is 2.22. The van der Waals surface area contributed by atoms with Crippen LogP contribution in [0.2, 0.25) is 0 Å². The van der Waals surface area contributed by atoms with Gasteiger partial charge in [-0.1, -0.05) is 71.8 Å². The summed E-state index contributed by atoms with van der Waals surface area (Å²) in [5.74, 6) is 0. The average Bonchev–Trinajstić information content (AvgIpc) is 2.48. The lowest BCUT2D eigenvalue weighted by Crippen LogP contribution is -2.24. The van der Waals surface area contributed by atoms with Crippen LogP contribution in [0.3, 0.4) is 0 Å². The molecule has 0 amide bonds. The maximum Gasteiger partial charge on any atom is 0.0449 e. The van der Waals surface area contributed by atoms with Crippen LogP contribution in [0.1, 0.15) is 38.3 Å². The third-order valence-electron chi connectivity index (χ3n) is 4.09. The van der Waals surface area contributed by atoms with Crippen molar-refractivity contribution in [3.05, 3.63) is 53.1 Å². The topological polar surface area (TPSA) is 0 Å². The molecule has 0 saturated carbocycles. The molecule has 0 nitrogen and oxygen atoms in total. The second-order valence-electron chi connectivity index (χ2n) is 5.85. The summed E-state index contributed by atoms with van der Waals surface area (Å²) in [4.78, 5) is 0. The standard InChI is InChI=1S/C16H17Br/c1-15(2)13-7-5-4-6-11(13)12-8-9-16(3,17)10-14(12)15/h4-9H,10H2,1-3H3. The molecule has 1 aromatic rings. The lowest BCUT2D eigenvalue weighted by Gasteiger charge is -2.31. The first kappa shape index (κ1) is 11.3. The van der Waals surface area contributed by atoms with E-state index in [9.17, 15) is 0 Å². The molecular formula is C16H17Br. The Morgan fingerprint density at radius 3 is 2.59 bits per heavy atom. The van der Waals surface area contributed by atoms with E-state index in [1.807, 2.05) is 0 Å². The number of allylic oxidation sites excluding steroid dienone is 4. The number of rotatable bonds is 0. The lowest BCUT2D eigenvalue weighted by atomic mass is 9.76. The zero-order valence-electron chi connectivity index (χ0n) is 10.5. The van der Waals surface area contributed by atoms with Gasteiger partial charge in [-0.3, -0.25) is 0 Å². The van der Waals surface area contributed by atoms with Crippen LogP contribution < -0.4 is 0 Å². The molecule has 3 rings (SSSR count). The minimum atomic E-state index is 0.116. The van der Waals surface area contributed by atoms with Gasteiger partial charge >= 0.3 is 0 Å². The highest BCUT2D eigenvalue weighted by atomic mass is 79.9. The summed E-state index contributed by atoms with van der Waals surface area (Å²) in [6.07, 6.45) is 5.67. The van der Waals surface area contributed by atoms with Crippen molar-refractivity contribution in [2.45, 2.75) is 36.9 Å². The molecule has 0 bridgehead atoms. The largest absolute Gasteiger partial charge is 0.0807 e. The van der Waals surface area contributed by atoms with Crippen molar-refractivity contribution in [1.29, 1.82) is 0 Å². The zero-order valence-corrected chi connectivity index (χ0v) is 12.1. The van der Waals surface area contributed by atoms with E-state index in [2.05, 4.69) is 73.1 Å². The molecule has 2 aliphatic rings. The molecule has 88 valence electrons. The minimum Gasteiger partial charge on any atom is -0.0807 e. The molecule has 0 heterocycles. The highest BCUT2D eigenvalue weighted by Crippen LogP contribution is 2.52. The van der Waals surface area contributed by atoms with Crippen molar-refractivity contribution < 1.29 is 0 Å². The Hall–Kier alpha value is -0.820. The lowest BCUT2D eigenvalue weighted by molar-refractivity contribution is 0.585. The van der Waals surface area contributed by atoms with Gasteiger partial charge in [-0.2, -0.15) is 0 Å². The van der Waals surface area contributed by atoms with E-state index in [1.165, 1.54) is 16.7 Å². The number of alkyl halides is 1. The van der Waals surface area contributed by atoms with Crippen molar-refractivity contribution in [2.75, 3.05) is 0 Å². The normalized spacial score (nSPS) is 29.2. The molecule has 0 spiro atoms. The van der Waals surface area contributed by atoms with Crippen LogP contribution in [0, 0.1) is 0 Å². The van der Waals surface area contributed by atoms with E-state index in [4.69, 9.17) is 0 Å². The Bertz CT molecular complexity index is 544. The van der Waals surface area contributed by atoms with Crippen molar-refractivity contribution in [2.24, 2.45) is 0 Å². The molecule has 0 fully saturated rings. The van der Waals surface area contributed by atoms with Crippen LogP contribution in [0.25, 0.3) is 5.57 Å². The summed E-state index contributed by atoms with van der Waals surface area (Å²) in [6, 6.07) is 8.81. The molecule has 17 heavy (non-hydrogen) atoms. The summed E-state index contributed by atoms with van der Waals surface area (Å²) in [6.45, 7) is 6.93. The van der Waals surface area contributed by atoms with E-state index in [0.29, 0.717) is 0 Å². The fourth-order valence-electron chi connectivity index (χ4n) is 3.09. The van der Waals surface area contributed by atoms with E-state index in [-0.39, 0.29) is 9.74 Å². The predicted molar refractivity (Wildman–Crippen MR) is 77.5 cm³/mol. The van der Waals surface area contributed by atoms with Gasteiger partial charge in [0.1, 0.15) is 0 Å². The van der Waals surface area contributed by atoms with E-state index in [0.717, 1.165) is 6.42 Å². The molecule has 1 unspecified atom stereocenters. The van der Waals surface area contributed by atoms with Gasteiger partial charge in [0.05, 0.1) is 0 Å². The van der Waals surface area contributed by atoms with Crippen LogP contribution in [0.5, 0.6) is 0 Å². The average molecular weight is 289 g/mol. The first-order valence-corrected chi connectivity index (χ1v) is 6.93. The summed E-state index contributed by atoms with van der Waals surface area (Å²) in [7, 11) is 0. The second-order valence-corrected chi connectivity index (χ2v) is 7.66. The maximum absolute atomic E-state index is 3.80. The SMILES string of the molecule is CC1(Br)C=CC2=C(C1)C(C)(C)c1ccccc12. The molecule has 0 saturated heterocycles. The summed E-state index contributed by atoms with van der Waals surface area (Å²) < 4.78 is 0.116. The van der Waals surface area contributed by atoms with E-state index in [1.54, 1.807) is 5.57 Å². The van der Waals surface area contributed by atoms with Crippen molar-refractivity contribution >= 4 is 21.5 Å². The maximum atomic E-state index is 3.80. The van der Waals surface area contributed by atoms with Crippen LogP contribution >= 0.6 is 15.9 Å². The molecule has 0 aliphatic heterocycles. The first-order chi connectivity index (χ1) is 7.92. The summed E-state index contributed by atoms with van der Waals surface area (Å²) >= 11 is 3.80. The van der Waals surface area contributed by atoms with E-state index >= 15 is 0 Å². The van der Waals surface area contributed by atoms with Gasteiger partial charge in [-0.15, -0.1) is 0 Å². The highest BCUT2D eigenvalue weighted by Gasteiger charge is 2.40. The third-order valence-corrected chi connectivity index (χ3v) is 4.63. The van der Waals surface area contributed by atoms with Gasteiger partial charge in [0.2, 0.25) is 0 Å². The van der Waals surface area contributed by atoms with Crippen LogP contribution in [0.15, 0.2) is 42.0 Å². The molecule has 0 N–H and O–H groups in total. The van der Waals surface area contributed by atoms with Gasteiger partial charge in [0.25, 0.3) is 0 Å². The smallest absolute Gasteiger partial charge is 0.0449 e. The minimum absolute atomic E-state index is 0.116. The van der Waals surface area contributed by atoms with Crippen LogP contribution in [-0.2, 0) is 5.41 Å². The molecule has 0 aromatic heterocycles. The summed E-state index contributed by atoms with van der Waals surface area (Å²) in [5, 5.41) is 0. The van der Waals surface area contributed by atoms with Gasteiger partial charge < -0.3 is 0 Å². The van der Waals surface area contributed by atoms with Crippen molar-refractivity contribution in [1.82, 2.24) is 0 Å². The molecular weight excluding hydrogens is 272 g/mol. The summed E-state index contributed by atoms with van der Waals surface area (Å²) in [5.41, 5.74) is 6.08. The number of benzene rings is 1. The second kappa shape index (κ2) is 3.35. The van der Waals surface area contributed by atoms with Gasteiger partial charge in [-0.25, -0.2) is 0 Å². The van der Waals surface area contributed by atoms with Gasteiger partial charge in [-0.05, 0) is 30.0 Å². The molecule has 1 heteroatoms. The Labute approximate surface area is 112 Å². The molecule has 0 radical (unpaired) electrons. The van der Waals surface area contributed by atoms with Gasteiger partial charge in [0.15, 0.2) is 0 Å². The number of hydrogen-bond acceptors (Lipinski definition) is 0. The fraction of sp³-hybridized carbons (Fsp3) is 0.375. The third kappa shape index (κ3) is 1.55. The predicted octanol–water partition coefficient (Wildman–Crippen LogP) is 4.84. The van der Waals surface area contributed by atoms with Crippen LogP contribution in [0.4, 0.5) is 0 Å². The van der Waals surface area contributed by atoms with Gasteiger partial charge in [0, 0.05) is 9.74 Å². The molecule has 1 atom stereocenters. The fourth-order valence-corrected chi connectivity index (χ4v) is 3.51. The van der Waals surface area contributed by atoms with Crippen molar-refractivity contribution in [3.63, 3.8) is 0 Å². The Morgan fingerprint density at radius 1 is 1.12 bits per heavy atom.